The molecule has 2 N–H and O–H groups in total. The number of carbonyl (C=O) groups is 1. The van der Waals surface area contributed by atoms with Crippen LogP contribution in [0.2, 0.25) is 0 Å². The van der Waals surface area contributed by atoms with Crippen LogP contribution in [0.3, 0.4) is 0 Å². The van der Waals surface area contributed by atoms with Gasteiger partial charge in [-0.05, 0) is 6.08 Å². The molecule has 0 bridgehead atoms. The molecule has 0 fully saturated rings. The van der Waals surface area contributed by atoms with Crippen molar-refractivity contribution in [1.82, 2.24) is 0 Å². The normalized spacial score (nSPS) is 33.4. The fourth-order valence-corrected chi connectivity index (χ4v) is 1.09. The molecule has 0 saturated heterocycles. The van der Waals surface area contributed by atoms with Crippen molar-refractivity contribution in [3.63, 3.8) is 0 Å². The summed E-state index contributed by atoms with van der Waals surface area (Å²) in [5, 5.41) is 18.8. The third kappa shape index (κ3) is 1.41. The molecule has 5 heteroatoms. The molecule has 0 saturated carbocycles. The fourth-order valence-electron chi connectivity index (χ4n) is 0.900. The minimum absolute atomic E-state index is 0.902. The van der Waals surface area contributed by atoms with Crippen LogP contribution in [0.15, 0.2) is 24.3 Å². The first-order valence-electron chi connectivity index (χ1n) is 3.29. The Labute approximate surface area is 71.8 Å². The lowest BCUT2D eigenvalue weighted by Crippen LogP contribution is -2.48. The lowest BCUT2D eigenvalue weighted by atomic mass is 9.93. The van der Waals surface area contributed by atoms with Crippen LogP contribution in [0.4, 0.5) is 0 Å². The number of hydrogen-bond donors (Lipinski definition) is 2. The SMILES string of the molecule is O=C(OP)[C@]1(O)C=CC=C[C@H]1O. The number of aliphatic hydroxyl groups excluding tert-OH is 1. The van der Waals surface area contributed by atoms with Crippen LogP contribution in [-0.4, -0.2) is 27.9 Å². The van der Waals surface area contributed by atoms with E-state index in [4.69, 9.17) is 0 Å². The molecule has 1 aliphatic carbocycles. The van der Waals surface area contributed by atoms with E-state index in [9.17, 15) is 15.0 Å². The van der Waals surface area contributed by atoms with Crippen molar-refractivity contribution < 1.29 is 19.5 Å². The van der Waals surface area contributed by atoms with Gasteiger partial charge >= 0.3 is 5.97 Å². The number of aliphatic hydroxyl groups is 2. The van der Waals surface area contributed by atoms with Gasteiger partial charge in [-0.2, -0.15) is 0 Å². The molecule has 0 radical (unpaired) electrons. The van der Waals surface area contributed by atoms with E-state index in [-0.39, 0.29) is 0 Å². The topological polar surface area (TPSA) is 66.8 Å². The molecule has 0 aromatic rings. The van der Waals surface area contributed by atoms with Crippen LogP contribution in [0.25, 0.3) is 0 Å². The zero-order valence-corrected chi connectivity index (χ0v) is 7.33. The van der Waals surface area contributed by atoms with Crippen molar-refractivity contribution in [3.05, 3.63) is 24.3 Å². The molecule has 0 amide bonds. The van der Waals surface area contributed by atoms with Gasteiger partial charge in [0.2, 0.25) is 5.60 Å². The van der Waals surface area contributed by atoms with Gasteiger partial charge in [-0.15, -0.1) is 0 Å². The molecule has 0 aromatic carbocycles. The van der Waals surface area contributed by atoms with Crippen molar-refractivity contribution in [2.75, 3.05) is 0 Å². The molecule has 4 nitrogen and oxygen atoms in total. The largest absolute Gasteiger partial charge is 0.449 e. The van der Waals surface area contributed by atoms with Crippen molar-refractivity contribution in [3.8, 4) is 0 Å². The van der Waals surface area contributed by atoms with Crippen LogP contribution in [0.1, 0.15) is 0 Å². The molecule has 0 spiro atoms. The third-order valence-corrected chi connectivity index (χ3v) is 1.85. The Bertz CT molecular complexity index is 248. The summed E-state index contributed by atoms with van der Waals surface area (Å²) < 4.78 is 4.25. The minimum atomic E-state index is -1.95. The Morgan fingerprint density at radius 2 is 2.25 bits per heavy atom. The zero-order chi connectivity index (χ0) is 9.19. The molecule has 0 aromatic heterocycles. The Kier molecular flexibility index (Phi) is 2.62. The smallest absolute Gasteiger partial charge is 0.347 e. The van der Waals surface area contributed by atoms with Crippen molar-refractivity contribution in [2.45, 2.75) is 11.7 Å². The lowest BCUT2D eigenvalue weighted by Gasteiger charge is -2.26. The fraction of sp³-hybridized carbons (Fsp3) is 0.286. The number of allylic oxidation sites excluding steroid dienone is 2. The van der Waals surface area contributed by atoms with Gasteiger partial charge in [0.25, 0.3) is 0 Å². The van der Waals surface area contributed by atoms with E-state index < -0.39 is 17.7 Å². The molecule has 66 valence electrons. The van der Waals surface area contributed by atoms with Gasteiger partial charge in [0.15, 0.2) is 0 Å². The summed E-state index contributed by atoms with van der Waals surface area (Å²) in [6.45, 7) is 0. The summed E-state index contributed by atoms with van der Waals surface area (Å²) in [5.74, 6) is -0.902. The Morgan fingerprint density at radius 1 is 1.58 bits per heavy atom. The van der Waals surface area contributed by atoms with E-state index in [0.717, 1.165) is 0 Å². The predicted molar refractivity (Wildman–Crippen MR) is 45.0 cm³/mol. The summed E-state index contributed by atoms with van der Waals surface area (Å²) in [6.07, 6.45) is 4.24. The molecule has 1 aliphatic rings. The van der Waals surface area contributed by atoms with E-state index in [2.05, 4.69) is 4.52 Å². The summed E-state index contributed by atoms with van der Waals surface area (Å²) >= 11 is 0. The maximum Gasteiger partial charge on any atom is 0.347 e. The van der Waals surface area contributed by atoms with Gasteiger partial charge in [-0.3, -0.25) is 0 Å². The molecule has 1 unspecified atom stereocenters. The maximum absolute atomic E-state index is 11.0. The molecule has 1 rings (SSSR count). The van der Waals surface area contributed by atoms with Gasteiger partial charge in [0, 0.05) is 0 Å². The van der Waals surface area contributed by atoms with Gasteiger partial charge in [-0.1, -0.05) is 18.2 Å². The monoisotopic (exact) mass is 188 g/mol. The second kappa shape index (κ2) is 3.35. The summed E-state index contributed by atoms with van der Waals surface area (Å²) in [6, 6.07) is 0. The quantitative estimate of drug-likeness (QED) is 0.546. The van der Waals surface area contributed by atoms with E-state index in [1.54, 1.807) is 9.47 Å². The predicted octanol–water partition coefficient (Wildman–Crippen LogP) is -0.462. The van der Waals surface area contributed by atoms with Crippen molar-refractivity contribution >= 4 is 15.4 Å². The highest BCUT2D eigenvalue weighted by Crippen LogP contribution is 2.20. The number of rotatable bonds is 1. The Balaban J connectivity index is 2.90. The average Bonchev–Trinajstić information content (AvgIpc) is 2.09. The van der Waals surface area contributed by atoms with E-state index in [1.165, 1.54) is 24.3 Å². The highest BCUT2D eigenvalue weighted by molar-refractivity contribution is 7.10. The van der Waals surface area contributed by atoms with Crippen LogP contribution >= 0.6 is 9.47 Å². The average molecular weight is 188 g/mol. The summed E-state index contributed by atoms with van der Waals surface area (Å²) in [4.78, 5) is 11.0. The van der Waals surface area contributed by atoms with E-state index in [1.807, 2.05) is 0 Å². The highest BCUT2D eigenvalue weighted by atomic mass is 31.0. The van der Waals surface area contributed by atoms with Gasteiger partial charge in [-0.25, -0.2) is 4.79 Å². The van der Waals surface area contributed by atoms with Crippen LogP contribution in [0.5, 0.6) is 0 Å². The van der Waals surface area contributed by atoms with Crippen molar-refractivity contribution in [2.24, 2.45) is 0 Å². The highest BCUT2D eigenvalue weighted by Gasteiger charge is 2.41. The second-order valence-corrected chi connectivity index (χ2v) is 2.66. The van der Waals surface area contributed by atoms with E-state index in [0.29, 0.717) is 0 Å². The molecule has 12 heavy (non-hydrogen) atoms. The molecule has 3 atom stereocenters. The van der Waals surface area contributed by atoms with E-state index >= 15 is 0 Å². The maximum atomic E-state index is 11.0. The molecule has 0 heterocycles. The summed E-state index contributed by atoms with van der Waals surface area (Å²) in [5.41, 5.74) is -1.95. The number of hydrogen-bond acceptors (Lipinski definition) is 4. The molecular weight excluding hydrogens is 179 g/mol. The number of carbonyl (C=O) groups excluding carboxylic acids is 1. The first-order valence-corrected chi connectivity index (χ1v) is 3.76. The lowest BCUT2D eigenvalue weighted by molar-refractivity contribution is -0.156. The first kappa shape index (κ1) is 9.39. The summed E-state index contributed by atoms with van der Waals surface area (Å²) in [7, 11) is 1.72. The standard InChI is InChI=1S/C7H9O4P/c8-5-3-1-2-4-7(5,10)6(9)11-12/h1-5,8,10H,12H2/t5-,7+/m1/s1. The Hall–Kier alpha value is -0.700. The zero-order valence-electron chi connectivity index (χ0n) is 6.18. The van der Waals surface area contributed by atoms with Crippen LogP contribution in [0, 0.1) is 0 Å². The van der Waals surface area contributed by atoms with Gasteiger partial charge in [0.1, 0.15) is 6.10 Å². The minimum Gasteiger partial charge on any atom is -0.449 e. The second-order valence-electron chi connectivity index (χ2n) is 2.42. The first-order chi connectivity index (χ1) is 5.61. The van der Waals surface area contributed by atoms with Gasteiger partial charge in [0.05, 0.1) is 9.47 Å². The molecule has 0 aliphatic heterocycles. The Morgan fingerprint density at radius 3 is 2.75 bits per heavy atom. The van der Waals surface area contributed by atoms with Crippen LogP contribution < -0.4 is 0 Å². The third-order valence-electron chi connectivity index (χ3n) is 1.64. The van der Waals surface area contributed by atoms with Crippen molar-refractivity contribution in [1.29, 1.82) is 0 Å². The molecular formula is C7H9O4P. The van der Waals surface area contributed by atoms with Gasteiger partial charge < -0.3 is 14.7 Å². The van der Waals surface area contributed by atoms with Crippen LogP contribution in [-0.2, 0) is 9.32 Å².